The Morgan fingerprint density at radius 2 is 1.20 bits per heavy atom. The predicted octanol–water partition coefficient (Wildman–Crippen LogP) is 4.69. The summed E-state index contributed by atoms with van der Waals surface area (Å²) < 4.78 is 5.22. The molecule has 10 nitrogen and oxygen atoms in total. The molecule has 0 atom stereocenters. The lowest BCUT2D eigenvalue weighted by Crippen LogP contribution is -2.06. The minimum absolute atomic E-state index is 0.371. The standard InChI is InChI=1S/C25H25N9O/c1-17(19-8-12-26-13-9-19)31-33-23-16-24(34-32-18(2)20-10-14-27-15-11-20)30-25(29-23)28-21-4-6-22(35-3)7-5-21/h4-16H,1-3H3,(H3,28,29,30,33,34). The second-order valence-electron chi connectivity index (χ2n) is 7.41. The number of anilines is 4. The van der Waals surface area contributed by atoms with Gasteiger partial charge in [0.1, 0.15) is 5.75 Å². The maximum Gasteiger partial charge on any atom is 0.231 e. The van der Waals surface area contributed by atoms with E-state index in [2.05, 4.69) is 46.3 Å². The molecule has 0 fully saturated rings. The molecule has 0 unspecified atom stereocenters. The van der Waals surface area contributed by atoms with Gasteiger partial charge in [-0.15, -0.1) is 0 Å². The van der Waals surface area contributed by atoms with E-state index in [9.17, 15) is 0 Å². The minimum Gasteiger partial charge on any atom is -0.497 e. The SMILES string of the molecule is COc1ccc(Nc2nc(NN=C(C)c3ccncc3)cc(NN=C(C)c3ccncc3)n2)cc1. The molecule has 3 N–H and O–H groups in total. The number of nitrogens with zero attached hydrogens (tertiary/aromatic N) is 6. The lowest BCUT2D eigenvalue weighted by atomic mass is 10.2. The van der Waals surface area contributed by atoms with Crippen LogP contribution in [0.3, 0.4) is 0 Å². The van der Waals surface area contributed by atoms with E-state index in [1.165, 1.54) is 0 Å². The molecule has 0 radical (unpaired) electrons. The van der Waals surface area contributed by atoms with Gasteiger partial charge in [-0.2, -0.15) is 20.2 Å². The first-order chi connectivity index (χ1) is 17.1. The van der Waals surface area contributed by atoms with E-state index in [4.69, 9.17) is 4.74 Å². The summed E-state index contributed by atoms with van der Waals surface area (Å²) in [5, 5.41) is 12.1. The molecule has 0 saturated carbocycles. The van der Waals surface area contributed by atoms with Crippen molar-refractivity contribution in [2.75, 3.05) is 23.3 Å². The molecular weight excluding hydrogens is 442 g/mol. The molecule has 0 bridgehead atoms. The number of hydrazone groups is 2. The summed E-state index contributed by atoms with van der Waals surface area (Å²) in [6.07, 6.45) is 6.89. The van der Waals surface area contributed by atoms with Gasteiger partial charge >= 0.3 is 0 Å². The minimum atomic E-state index is 0.371. The predicted molar refractivity (Wildman–Crippen MR) is 138 cm³/mol. The molecule has 4 aromatic rings. The van der Waals surface area contributed by atoms with E-state index in [0.717, 1.165) is 34.0 Å². The highest BCUT2D eigenvalue weighted by Crippen LogP contribution is 2.21. The van der Waals surface area contributed by atoms with E-state index in [1.807, 2.05) is 62.4 Å². The number of rotatable bonds is 9. The molecule has 0 saturated heterocycles. The summed E-state index contributed by atoms with van der Waals surface area (Å²) in [4.78, 5) is 17.2. The Kier molecular flexibility index (Phi) is 7.54. The van der Waals surface area contributed by atoms with Crippen LogP contribution in [0.2, 0.25) is 0 Å². The van der Waals surface area contributed by atoms with Crippen molar-refractivity contribution >= 4 is 34.7 Å². The molecule has 4 rings (SSSR count). The van der Waals surface area contributed by atoms with Crippen molar-refractivity contribution in [3.05, 3.63) is 90.5 Å². The molecule has 1 aromatic carbocycles. The van der Waals surface area contributed by atoms with Crippen LogP contribution in [0.5, 0.6) is 5.75 Å². The van der Waals surface area contributed by atoms with Crippen LogP contribution in [-0.4, -0.2) is 38.5 Å². The summed E-state index contributed by atoms with van der Waals surface area (Å²) in [5.74, 6) is 2.11. The number of ether oxygens (including phenoxy) is 1. The highest BCUT2D eigenvalue weighted by atomic mass is 16.5. The molecule has 176 valence electrons. The molecular formula is C25H25N9O. The number of benzene rings is 1. The lowest BCUT2D eigenvalue weighted by molar-refractivity contribution is 0.415. The van der Waals surface area contributed by atoms with Crippen LogP contribution in [0.4, 0.5) is 23.3 Å². The van der Waals surface area contributed by atoms with Gasteiger partial charge in [0.2, 0.25) is 5.95 Å². The third kappa shape index (κ3) is 6.57. The summed E-state index contributed by atoms with van der Waals surface area (Å²) in [6.45, 7) is 3.81. The Labute approximate surface area is 203 Å². The van der Waals surface area contributed by atoms with Gasteiger partial charge in [-0.05, 0) is 62.4 Å². The molecule has 35 heavy (non-hydrogen) atoms. The highest BCUT2D eigenvalue weighted by molar-refractivity contribution is 5.99. The Morgan fingerprint density at radius 1 is 0.714 bits per heavy atom. The van der Waals surface area contributed by atoms with Crippen LogP contribution in [0.25, 0.3) is 0 Å². The highest BCUT2D eigenvalue weighted by Gasteiger charge is 2.07. The quantitative estimate of drug-likeness (QED) is 0.239. The number of hydrogen-bond donors (Lipinski definition) is 3. The molecule has 0 spiro atoms. The van der Waals surface area contributed by atoms with Crippen LogP contribution in [0, 0.1) is 0 Å². The van der Waals surface area contributed by atoms with Gasteiger partial charge in [0.15, 0.2) is 11.6 Å². The van der Waals surface area contributed by atoms with Crippen LogP contribution < -0.4 is 20.9 Å². The number of methoxy groups -OCH3 is 1. The number of nitrogens with one attached hydrogen (secondary N) is 3. The third-order valence-electron chi connectivity index (χ3n) is 4.94. The molecule has 0 aliphatic rings. The maximum absolute atomic E-state index is 5.22. The Balaban J connectivity index is 1.59. The largest absolute Gasteiger partial charge is 0.497 e. The Morgan fingerprint density at radius 3 is 1.66 bits per heavy atom. The lowest BCUT2D eigenvalue weighted by Gasteiger charge is -2.11. The van der Waals surface area contributed by atoms with E-state index in [-0.39, 0.29) is 0 Å². The van der Waals surface area contributed by atoms with Gasteiger partial charge in [0.05, 0.1) is 18.5 Å². The molecule has 0 aliphatic carbocycles. The van der Waals surface area contributed by atoms with Crippen molar-refractivity contribution in [2.45, 2.75) is 13.8 Å². The van der Waals surface area contributed by atoms with Gasteiger partial charge in [-0.25, -0.2) is 0 Å². The third-order valence-corrected chi connectivity index (χ3v) is 4.94. The zero-order valence-corrected chi connectivity index (χ0v) is 19.6. The molecule has 3 aromatic heterocycles. The average Bonchev–Trinajstić information content (AvgIpc) is 2.91. The molecule has 0 amide bonds. The van der Waals surface area contributed by atoms with E-state index in [1.54, 1.807) is 38.0 Å². The van der Waals surface area contributed by atoms with Gasteiger partial charge < -0.3 is 10.1 Å². The van der Waals surface area contributed by atoms with Crippen LogP contribution in [0.1, 0.15) is 25.0 Å². The summed E-state index contributed by atoms with van der Waals surface area (Å²) >= 11 is 0. The Hall–Kier alpha value is -4.86. The van der Waals surface area contributed by atoms with Crippen molar-refractivity contribution in [3.63, 3.8) is 0 Å². The molecule has 10 heteroatoms. The Bertz CT molecular complexity index is 1230. The van der Waals surface area contributed by atoms with Crippen molar-refractivity contribution in [1.82, 2.24) is 19.9 Å². The van der Waals surface area contributed by atoms with E-state index < -0.39 is 0 Å². The first-order valence-electron chi connectivity index (χ1n) is 10.8. The molecule has 3 heterocycles. The zero-order valence-electron chi connectivity index (χ0n) is 19.6. The fourth-order valence-corrected chi connectivity index (χ4v) is 3.02. The normalized spacial score (nSPS) is 11.6. The molecule has 0 aliphatic heterocycles. The van der Waals surface area contributed by atoms with Crippen molar-refractivity contribution < 1.29 is 4.74 Å². The topological polar surface area (TPSA) is 122 Å². The second-order valence-corrected chi connectivity index (χ2v) is 7.41. The average molecular weight is 468 g/mol. The van der Waals surface area contributed by atoms with E-state index >= 15 is 0 Å². The maximum atomic E-state index is 5.22. The summed E-state index contributed by atoms with van der Waals surface area (Å²) in [5.41, 5.74) is 10.3. The monoisotopic (exact) mass is 467 g/mol. The van der Waals surface area contributed by atoms with Gasteiger partial charge in [0, 0.05) is 47.7 Å². The summed E-state index contributed by atoms with van der Waals surface area (Å²) in [6, 6.07) is 16.8. The van der Waals surface area contributed by atoms with Crippen molar-refractivity contribution in [3.8, 4) is 5.75 Å². The number of pyridine rings is 2. The number of aromatic nitrogens is 4. The fraction of sp³-hybridized carbons (Fsp3) is 0.120. The first-order valence-corrected chi connectivity index (χ1v) is 10.8. The fourth-order valence-electron chi connectivity index (χ4n) is 3.02. The number of hydrogen-bond acceptors (Lipinski definition) is 10. The smallest absolute Gasteiger partial charge is 0.231 e. The van der Waals surface area contributed by atoms with Crippen molar-refractivity contribution in [2.24, 2.45) is 10.2 Å². The van der Waals surface area contributed by atoms with E-state index in [0.29, 0.717) is 17.6 Å². The van der Waals surface area contributed by atoms with Gasteiger partial charge in [-0.1, -0.05) is 0 Å². The van der Waals surface area contributed by atoms with Crippen LogP contribution in [-0.2, 0) is 0 Å². The van der Waals surface area contributed by atoms with Crippen molar-refractivity contribution in [1.29, 1.82) is 0 Å². The first kappa shape index (κ1) is 23.3. The second kappa shape index (κ2) is 11.3. The van der Waals surface area contributed by atoms with Gasteiger partial charge in [-0.3, -0.25) is 20.8 Å². The summed E-state index contributed by atoms with van der Waals surface area (Å²) in [7, 11) is 1.63. The van der Waals surface area contributed by atoms with Crippen LogP contribution in [0.15, 0.2) is 89.6 Å². The van der Waals surface area contributed by atoms with Crippen LogP contribution >= 0.6 is 0 Å². The zero-order chi connectivity index (χ0) is 24.5. The van der Waals surface area contributed by atoms with Gasteiger partial charge in [0.25, 0.3) is 0 Å².